The normalized spacial score (nSPS) is 16.2. The molecule has 0 aliphatic heterocycles. The third kappa shape index (κ3) is 5.93. The van der Waals surface area contributed by atoms with Crippen LogP contribution in [0.25, 0.3) is 0 Å². The van der Waals surface area contributed by atoms with E-state index >= 15 is 0 Å². The third-order valence-corrected chi connectivity index (χ3v) is 1.88. The summed E-state index contributed by atoms with van der Waals surface area (Å²) < 4.78 is 29.3. The summed E-state index contributed by atoms with van der Waals surface area (Å²) in [6, 6.07) is -0.717. The maximum absolute atomic E-state index is 12.2. The summed E-state index contributed by atoms with van der Waals surface area (Å²) in [7, 11) is 1.58. The van der Waals surface area contributed by atoms with E-state index in [0.717, 1.165) is 12.8 Å². The fourth-order valence-electron chi connectivity index (χ4n) is 1.21. The lowest BCUT2D eigenvalue weighted by atomic mass is 10.1. The van der Waals surface area contributed by atoms with E-state index in [4.69, 9.17) is 4.74 Å². The van der Waals surface area contributed by atoms with E-state index in [2.05, 4.69) is 5.32 Å². The van der Waals surface area contributed by atoms with Crippen LogP contribution in [0, 0.1) is 0 Å². The Morgan fingerprint density at radius 2 is 2.00 bits per heavy atom. The zero-order valence-corrected chi connectivity index (χ0v) is 8.52. The first-order chi connectivity index (χ1) is 6.11. The van der Waals surface area contributed by atoms with E-state index in [-0.39, 0.29) is 6.04 Å². The lowest BCUT2D eigenvalue weighted by molar-refractivity contribution is 0.0844. The van der Waals surface area contributed by atoms with Crippen LogP contribution in [0.5, 0.6) is 0 Å². The molecule has 2 nitrogen and oxygen atoms in total. The lowest BCUT2D eigenvalue weighted by Gasteiger charge is -2.21. The number of nitrogens with one attached hydrogen (secondary N) is 1. The molecule has 1 N–H and O–H groups in total. The predicted octanol–water partition coefficient (Wildman–Crippen LogP) is 2.04. The first kappa shape index (κ1) is 12.8. The molecule has 0 aromatic carbocycles. The zero-order valence-electron chi connectivity index (χ0n) is 8.52. The van der Waals surface area contributed by atoms with E-state index in [0.29, 0.717) is 6.61 Å². The van der Waals surface area contributed by atoms with Crippen molar-refractivity contribution in [2.24, 2.45) is 0 Å². The molecule has 13 heavy (non-hydrogen) atoms. The fourth-order valence-corrected chi connectivity index (χ4v) is 1.21. The highest BCUT2D eigenvalue weighted by Gasteiger charge is 2.18. The first-order valence-electron chi connectivity index (χ1n) is 4.64. The molecule has 0 heterocycles. The highest BCUT2D eigenvalue weighted by molar-refractivity contribution is 4.72. The molecule has 0 aliphatic carbocycles. The second kappa shape index (κ2) is 7.21. The van der Waals surface area contributed by atoms with Crippen LogP contribution >= 0.6 is 0 Å². The molecule has 0 amide bonds. The van der Waals surface area contributed by atoms with Gasteiger partial charge >= 0.3 is 0 Å². The molecule has 0 saturated carbocycles. The molecule has 0 radical (unpaired) electrons. The molecule has 0 aromatic rings. The minimum atomic E-state index is -2.31. The Hall–Kier alpha value is -0.220. The highest BCUT2D eigenvalue weighted by atomic mass is 19.3. The molecule has 0 aromatic heterocycles. The largest absolute Gasteiger partial charge is 0.383 e. The van der Waals surface area contributed by atoms with Crippen LogP contribution in [0.2, 0.25) is 0 Å². The number of hydrogen-bond donors (Lipinski definition) is 1. The van der Waals surface area contributed by atoms with Crippen molar-refractivity contribution in [3.8, 4) is 0 Å². The van der Waals surface area contributed by atoms with Crippen molar-refractivity contribution in [2.45, 2.75) is 45.2 Å². The number of halogens is 2. The number of alkyl halides is 2. The Labute approximate surface area is 78.7 Å². The monoisotopic (exact) mass is 195 g/mol. The van der Waals surface area contributed by atoms with Gasteiger partial charge in [-0.05, 0) is 13.3 Å². The molecule has 80 valence electrons. The molecule has 0 rings (SSSR count). The number of hydrogen-bond acceptors (Lipinski definition) is 2. The molecule has 0 saturated heterocycles. The fraction of sp³-hybridized carbons (Fsp3) is 1.00. The quantitative estimate of drug-likeness (QED) is 0.671. The molecule has 4 heteroatoms. The summed E-state index contributed by atoms with van der Waals surface area (Å²) in [6.07, 6.45) is -0.474. The molecule has 2 unspecified atom stereocenters. The smallest absolute Gasteiger partial charge is 0.253 e. The standard InChI is InChI=1S/C9H19F2NO/c1-4-5-8(6-13-3)12-7(2)9(10)11/h7-9,12H,4-6H2,1-3H3. The molecular formula is C9H19F2NO. The van der Waals surface area contributed by atoms with Crippen molar-refractivity contribution in [3.63, 3.8) is 0 Å². The Balaban J connectivity index is 3.78. The van der Waals surface area contributed by atoms with Gasteiger partial charge in [0.25, 0.3) is 6.43 Å². The summed E-state index contributed by atoms with van der Waals surface area (Å²) in [5.74, 6) is 0. The Kier molecular flexibility index (Phi) is 7.09. The van der Waals surface area contributed by atoms with Gasteiger partial charge in [-0.15, -0.1) is 0 Å². The van der Waals surface area contributed by atoms with Gasteiger partial charge in [0.2, 0.25) is 0 Å². The van der Waals surface area contributed by atoms with Gasteiger partial charge in [-0.1, -0.05) is 13.3 Å². The van der Waals surface area contributed by atoms with Gasteiger partial charge < -0.3 is 10.1 Å². The van der Waals surface area contributed by atoms with Crippen molar-refractivity contribution in [3.05, 3.63) is 0 Å². The predicted molar refractivity (Wildman–Crippen MR) is 49.2 cm³/mol. The minimum absolute atomic E-state index is 0.0407. The molecule has 0 spiro atoms. The van der Waals surface area contributed by atoms with Gasteiger partial charge in [0, 0.05) is 13.2 Å². The van der Waals surface area contributed by atoms with E-state index in [1.54, 1.807) is 7.11 Å². The van der Waals surface area contributed by atoms with Crippen molar-refractivity contribution >= 4 is 0 Å². The van der Waals surface area contributed by atoms with Crippen molar-refractivity contribution in [1.82, 2.24) is 5.32 Å². The van der Waals surface area contributed by atoms with Crippen LogP contribution in [-0.2, 0) is 4.74 Å². The summed E-state index contributed by atoms with van der Waals surface area (Å²) in [5.41, 5.74) is 0. The third-order valence-electron chi connectivity index (χ3n) is 1.88. The van der Waals surface area contributed by atoms with Crippen LogP contribution in [0.3, 0.4) is 0 Å². The summed E-state index contributed by atoms with van der Waals surface area (Å²) in [5, 5.41) is 2.84. The van der Waals surface area contributed by atoms with E-state index in [1.807, 2.05) is 6.92 Å². The first-order valence-corrected chi connectivity index (χ1v) is 4.64. The molecule has 2 atom stereocenters. The molecule has 0 bridgehead atoms. The van der Waals surface area contributed by atoms with Crippen LogP contribution < -0.4 is 5.32 Å². The average Bonchev–Trinajstić information content (AvgIpc) is 2.05. The van der Waals surface area contributed by atoms with Crippen molar-refractivity contribution < 1.29 is 13.5 Å². The SMILES string of the molecule is CCCC(COC)NC(C)C(F)F. The molecular weight excluding hydrogens is 176 g/mol. The Morgan fingerprint density at radius 1 is 1.38 bits per heavy atom. The van der Waals surface area contributed by atoms with E-state index < -0.39 is 12.5 Å². The van der Waals surface area contributed by atoms with Crippen LogP contribution in [0.4, 0.5) is 8.78 Å². The van der Waals surface area contributed by atoms with Gasteiger partial charge in [0.05, 0.1) is 12.6 Å². The summed E-state index contributed by atoms with van der Waals surface area (Å²) in [6.45, 7) is 4.01. The lowest BCUT2D eigenvalue weighted by Crippen LogP contribution is -2.42. The topological polar surface area (TPSA) is 21.3 Å². The Bertz CT molecular complexity index is 116. The van der Waals surface area contributed by atoms with Gasteiger partial charge in [0.1, 0.15) is 0 Å². The van der Waals surface area contributed by atoms with E-state index in [1.165, 1.54) is 6.92 Å². The average molecular weight is 195 g/mol. The highest BCUT2D eigenvalue weighted by Crippen LogP contribution is 2.04. The molecule has 0 aliphatic rings. The van der Waals surface area contributed by atoms with Gasteiger partial charge in [-0.25, -0.2) is 8.78 Å². The Morgan fingerprint density at radius 3 is 2.38 bits per heavy atom. The van der Waals surface area contributed by atoms with Crippen LogP contribution in [0.1, 0.15) is 26.7 Å². The van der Waals surface area contributed by atoms with Crippen LogP contribution in [-0.4, -0.2) is 32.2 Å². The summed E-state index contributed by atoms with van der Waals surface area (Å²) in [4.78, 5) is 0. The van der Waals surface area contributed by atoms with Crippen molar-refractivity contribution in [2.75, 3.05) is 13.7 Å². The van der Waals surface area contributed by atoms with Crippen LogP contribution in [0.15, 0.2) is 0 Å². The van der Waals surface area contributed by atoms with E-state index in [9.17, 15) is 8.78 Å². The summed E-state index contributed by atoms with van der Waals surface area (Å²) >= 11 is 0. The number of rotatable bonds is 7. The zero-order chi connectivity index (χ0) is 10.3. The maximum atomic E-state index is 12.2. The second-order valence-electron chi connectivity index (χ2n) is 3.23. The van der Waals surface area contributed by atoms with Crippen molar-refractivity contribution in [1.29, 1.82) is 0 Å². The minimum Gasteiger partial charge on any atom is -0.383 e. The number of methoxy groups -OCH3 is 1. The maximum Gasteiger partial charge on any atom is 0.253 e. The molecule has 0 fully saturated rings. The second-order valence-corrected chi connectivity index (χ2v) is 3.23. The number of ether oxygens (including phenoxy) is 1. The van der Waals surface area contributed by atoms with Gasteiger partial charge in [-0.3, -0.25) is 0 Å². The van der Waals surface area contributed by atoms with Gasteiger partial charge in [-0.2, -0.15) is 0 Å². The van der Waals surface area contributed by atoms with Gasteiger partial charge in [0.15, 0.2) is 0 Å².